The molecule has 1 N–H and O–H groups in total. The Hall–Kier alpha value is -3.49. The number of esters is 1. The van der Waals surface area contributed by atoms with Gasteiger partial charge >= 0.3 is 5.97 Å². The van der Waals surface area contributed by atoms with Crippen molar-refractivity contribution in [3.8, 4) is 11.1 Å². The van der Waals surface area contributed by atoms with Crippen molar-refractivity contribution >= 4 is 39.8 Å². The molecule has 0 saturated carbocycles. The van der Waals surface area contributed by atoms with Crippen LogP contribution < -0.4 is 5.32 Å². The molecule has 0 unspecified atom stereocenters. The SMILES string of the molecule is COC(=O)c1c(-c2ccc(Cl)cc2)csc1NC(=O)CN1CCN(C(c2ccccc2)c2ccccc2)CC1. The van der Waals surface area contributed by atoms with E-state index in [2.05, 4.69) is 63.6 Å². The van der Waals surface area contributed by atoms with E-state index in [1.165, 1.54) is 29.6 Å². The van der Waals surface area contributed by atoms with E-state index in [1.807, 2.05) is 29.6 Å². The van der Waals surface area contributed by atoms with E-state index in [0.717, 1.165) is 31.7 Å². The van der Waals surface area contributed by atoms with Gasteiger partial charge in [0.25, 0.3) is 0 Å². The van der Waals surface area contributed by atoms with E-state index in [0.29, 0.717) is 21.2 Å². The second-order valence-electron chi connectivity index (χ2n) is 9.44. The Balaban J connectivity index is 1.24. The summed E-state index contributed by atoms with van der Waals surface area (Å²) in [6.45, 7) is 3.48. The number of thiophene rings is 1. The molecule has 200 valence electrons. The van der Waals surface area contributed by atoms with Crippen molar-refractivity contribution in [1.29, 1.82) is 0 Å². The first-order valence-corrected chi connectivity index (χ1v) is 14.1. The Kier molecular flexibility index (Phi) is 8.74. The maximum Gasteiger partial charge on any atom is 0.341 e. The van der Waals surface area contributed by atoms with Crippen LogP contribution in [-0.4, -0.2) is 61.5 Å². The Bertz CT molecular complexity index is 1360. The van der Waals surface area contributed by atoms with Crippen molar-refractivity contribution in [3.05, 3.63) is 112 Å². The van der Waals surface area contributed by atoms with Gasteiger partial charge in [0.05, 0.1) is 19.7 Å². The molecule has 0 bridgehead atoms. The zero-order valence-electron chi connectivity index (χ0n) is 21.7. The van der Waals surface area contributed by atoms with Gasteiger partial charge in [-0.25, -0.2) is 4.79 Å². The number of nitrogens with zero attached hydrogens (tertiary/aromatic N) is 2. The maximum atomic E-state index is 13.1. The first kappa shape index (κ1) is 27.1. The van der Waals surface area contributed by atoms with Gasteiger partial charge in [0.1, 0.15) is 10.6 Å². The van der Waals surface area contributed by atoms with Gasteiger partial charge in [-0.1, -0.05) is 84.4 Å². The van der Waals surface area contributed by atoms with E-state index in [1.54, 1.807) is 12.1 Å². The summed E-state index contributed by atoms with van der Waals surface area (Å²) in [6, 6.07) is 28.5. The number of nitrogens with one attached hydrogen (secondary N) is 1. The lowest BCUT2D eigenvalue weighted by Gasteiger charge is -2.39. The third-order valence-corrected chi connectivity index (χ3v) is 8.11. The monoisotopic (exact) mass is 559 g/mol. The minimum Gasteiger partial charge on any atom is -0.465 e. The molecule has 1 aliphatic rings. The lowest BCUT2D eigenvalue weighted by Crippen LogP contribution is -2.49. The zero-order valence-corrected chi connectivity index (χ0v) is 23.3. The summed E-state index contributed by atoms with van der Waals surface area (Å²) in [5, 5.41) is 5.92. The summed E-state index contributed by atoms with van der Waals surface area (Å²) in [7, 11) is 1.34. The van der Waals surface area contributed by atoms with Gasteiger partial charge in [-0.3, -0.25) is 14.6 Å². The quantitative estimate of drug-likeness (QED) is 0.260. The normalized spacial score (nSPS) is 14.3. The molecule has 0 aliphatic carbocycles. The summed E-state index contributed by atoms with van der Waals surface area (Å²) in [5.41, 5.74) is 4.43. The van der Waals surface area contributed by atoms with Crippen molar-refractivity contribution < 1.29 is 14.3 Å². The first-order valence-electron chi connectivity index (χ1n) is 12.9. The average molecular weight is 560 g/mol. The number of benzene rings is 3. The molecule has 5 rings (SSSR count). The van der Waals surface area contributed by atoms with Crippen molar-refractivity contribution in [2.75, 3.05) is 45.2 Å². The number of methoxy groups -OCH3 is 1. The summed E-state index contributed by atoms with van der Waals surface area (Å²) < 4.78 is 5.03. The molecule has 0 atom stereocenters. The fourth-order valence-corrected chi connectivity index (χ4v) is 6.13. The number of rotatable bonds is 8. The molecule has 3 aromatic carbocycles. The standard InChI is InChI=1S/C31H30ClN3O3S/c1-38-31(37)28-26(22-12-14-25(32)15-13-22)21-39-30(28)33-27(36)20-34-16-18-35(19-17-34)29(23-8-4-2-5-9-23)24-10-6-3-7-11-24/h2-15,21,29H,16-20H2,1H3,(H,33,36). The number of halogens is 1. The van der Waals surface area contributed by atoms with E-state index < -0.39 is 5.97 Å². The minimum absolute atomic E-state index is 0.152. The number of hydrogen-bond acceptors (Lipinski definition) is 6. The molecule has 1 fully saturated rings. The molecule has 1 saturated heterocycles. The topological polar surface area (TPSA) is 61.9 Å². The number of ether oxygens (including phenoxy) is 1. The van der Waals surface area contributed by atoms with Gasteiger partial charge in [0.15, 0.2) is 0 Å². The summed E-state index contributed by atoms with van der Waals surface area (Å²) in [5.74, 6) is -0.640. The second kappa shape index (κ2) is 12.6. The molecule has 0 radical (unpaired) electrons. The van der Waals surface area contributed by atoms with Crippen molar-refractivity contribution in [2.24, 2.45) is 0 Å². The predicted molar refractivity (Wildman–Crippen MR) is 157 cm³/mol. The predicted octanol–water partition coefficient (Wildman–Crippen LogP) is 6.20. The van der Waals surface area contributed by atoms with Gasteiger partial charge in [0, 0.05) is 42.1 Å². The van der Waals surface area contributed by atoms with Crippen LogP contribution in [0, 0.1) is 0 Å². The van der Waals surface area contributed by atoms with E-state index in [4.69, 9.17) is 16.3 Å². The lowest BCUT2D eigenvalue weighted by atomic mass is 9.96. The molecule has 39 heavy (non-hydrogen) atoms. The Labute approximate surface area is 237 Å². The van der Waals surface area contributed by atoms with Crippen LogP contribution >= 0.6 is 22.9 Å². The molecular weight excluding hydrogens is 530 g/mol. The third-order valence-electron chi connectivity index (χ3n) is 6.96. The number of amides is 1. The minimum atomic E-state index is -0.488. The molecule has 8 heteroatoms. The summed E-state index contributed by atoms with van der Waals surface area (Å²) >= 11 is 7.35. The van der Waals surface area contributed by atoms with Crippen molar-refractivity contribution in [1.82, 2.24) is 9.80 Å². The molecule has 4 aromatic rings. The van der Waals surface area contributed by atoms with Crippen LogP contribution in [0.5, 0.6) is 0 Å². The molecule has 1 amide bonds. The largest absolute Gasteiger partial charge is 0.465 e. The number of piperazine rings is 1. The number of carbonyl (C=O) groups excluding carboxylic acids is 2. The van der Waals surface area contributed by atoms with Crippen LogP contribution in [0.2, 0.25) is 5.02 Å². The maximum absolute atomic E-state index is 13.1. The highest BCUT2D eigenvalue weighted by molar-refractivity contribution is 7.15. The lowest BCUT2D eigenvalue weighted by molar-refractivity contribution is -0.117. The smallest absolute Gasteiger partial charge is 0.341 e. The highest BCUT2D eigenvalue weighted by Gasteiger charge is 2.28. The molecule has 6 nitrogen and oxygen atoms in total. The molecule has 1 aromatic heterocycles. The number of hydrogen-bond donors (Lipinski definition) is 1. The third kappa shape index (κ3) is 6.40. The molecule has 1 aliphatic heterocycles. The van der Waals surface area contributed by atoms with Crippen LogP contribution in [-0.2, 0) is 9.53 Å². The van der Waals surface area contributed by atoms with Gasteiger partial charge in [-0.15, -0.1) is 11.3 Å². The van der Waals surface area contributed by atoms with Crippen LogP contribution in [0.25, 0.3) is 11.1 Å². The first-order chi connectivity index (χ1) is 19.0. The molecule has 2 heterocycles. The van der Waals surface area contributed by atoms with Crippen LogP contribution in [0.4, 0.5) is 5.00 Å². The second-order valence-corrected chi connectivity index (χ2v) is 10.8. The average Bonchev–Trinajstić information content (AvgIpc) is 3.38. The van der Waals surface area contributed by atoms with E-state index in [9.17, 15) is 9.59 Å². The Morgan fingerprint density at radius 3 is 2.05 bits per heavy atom. The van der Waals surface area contributed by atoms with Crippen LogP contribution in [0.3, 0.4) is 0 Å². The van der Waals surface area contributed by atoms with Crippen LogP contribution in [0.1, 0.15) is 27.5 Å². The molecule has 0 spiro atoms. The van der Waals surface area contributed by atoms with E-state index >= 15 is 0 Å². The van der Waals surface area contributed by atoms with Gasteiger partial charge in [-0.2, -0.15) is 0 Å². The van der Waals surface area contributed by atoms with E-state index in [-0.39, 0.29) is 18.5 Å². The number of carbonyl (C=O) groups is 2. The highest BCUT2D eigenvalue weighted by atomic mass is 35.5. The summed E-state index contributed by atoms with van der Waals surface area (Å²) in [6.07, 6.45) is 0. The van der Waals surface area contributed by atoms with Gasteiger partial charge < -0.3 is 10.1 Å². The highest BCUT2D eigenvalue weighted by Crippen LogP contribution is 2.36. The van der Waals surface area contributed by atoms with Crippen LogP contribution in [0.15, 0.2) is 90.3 Å². The zero-order chi connectivity index (χ0) is 27.2. The number of anilines is 1. The fourth-order valence-electron chi connectivity index (χ4n) is 5.03. The summed E-state index contributed by atoms with van der Waals surface area (Å²) in [4.78, 5) is 30.4. The fraction of sp³-hybridized carbons (Fsp3) is 0.226. The van der Waals surface area contributed by atoms with Crippen molar-refractivity contribution in [3.63, 3.8) is 0 Å². The van der Waals surface area contributed by atoms with Gasteiger partial charge in [-0.05, 0) is 28.8 Å². The molecular formula is C31H30ClN3O3S. The van der Waals surface area contributed by atoms with Crippen molar-refractivity contribution in [2.45, 2.75) is 6.04 Å². The van der Waals surface area contributed by atoms with Gasteiger partial charge in [0.2, 0.25) is 5.91 Å². The Morgan fingerprint density at radius 1 is 0.897 bits per heavy atom. The Morgan fingerprint density at radius 2 is 1.49 bits per heavy atom.